The molecule has 33 heavy (non-hydrogen) atoms. The number of aromatic nitrogens is 5. The molecule has 0 saturated carbocycles. The van der Waals surface area contributed by atoms with Gasteiger partial charge in [0.05, 0.1) is 25.6 Å². The first-order valence-electron chi connectivity index (χ1n) is 10.6. The van der Waals surface area contributed by atoms with E-state index in [4.69, 9.17) is 4.74 Å². The zero-order chi connectivity index (χ0) is 23.0. The third kappa shape index (κ3) is 3.87. The molecule has 4 heterocycles. The third-order valence-electron chi connectivity index (χ3n) is 5.96. The van der Waals surface area contributed by atoms with E-state index in [0.29, 0.717) is 12.5 Å². The van der Waals surface area contributed by atoms with Gasteiger partial charge in [0.2, 0.25) is 5.95 Å². The van der Waals surface area contributed by atoms with Gasteiger partial charge in [-0.2, -0.15) is 5.10 Å². The van der Waals surface area contributed by atoms with Crippen LogP contribution in [0.2, 0.25) is 0 Å². The van der Waals surface area contributed by atoms with E-state index < -0.39 is 0 Å². The van der Waals surface area contributed by atoms with Crippen molar-refractivity contribution < 1.29 is 9.84 Å². The summed E-state index contributed by atoms with van der Waals surface area (Å²) in [6.07, 6.45) is 7.24. The maximum atomic E-state index is 9.86. The topological polar surface area (TPSA) is 110 Å². The van der Waals surface area contributed by atoms with Crippen molar-refractivity contribution in [2.24, 2.45) is 7.05 Å². The Bertz CT molecular complexity index is 1320. The quantitative estimate of drug-likeness (QED) is 0.416. The first-order chi connectivity index (χ1) is 16.0. The lowest BCUT2D eigenvalue weighted by Crippen LogP contribution is -2.28. The summed E-state index contributed by atoms with van der Waals surface area (Å²) in [5.74, 6) is 2.00. The highest BCUT2D eigenvalue weighted by molar-refractivity contribution is 5.74. The van der Waals surface area contributed by atoms with Gasteiger partial charge in [-0.25, -0.2) is 15.0 Å². The summed E-state index contributed by atoms with van der Waals surface area (Å²) >= 11 is 0. The Kier molecular flexibility index (Phi) is 5.18. The Morgan fingerprint density at radius 1 is 1.18 bits per heavy atom. The van der Waals surface area contributed by atoms with E-state index in [2.05, 4.69) is 30.7 Å². The van der Waals surface area contributed by atoms with Crippen molar-refractivity contribution in [3.8, 4) is 28.1 Å². The first-order valence-corrected chi connectivity index (χ1v) is 10.6. The van der Waals surface area contributed by atoms with Gasteiger partial charge >= 0.3 is 0 Å². The number of nitrogens with one attached hydrogen (secondary N) is 2. The first kappa shape index (κ1) is 20.9. The van der Waals surface area contributed by atoms with Crippen LogP contribution in [0.15, 0.2) is 55.1 Å². The molecule has 0 bridgehead atoms. The minimum absolute atomic E-state index is 0.0472. The number of nitrogens with zero attached hydrogens (tertiary/aromatic N) is 5. The van der Waals surface area contributed by atoms with Gasteiger partial charge in [0, 0.05) is 71.6 Å². The van der Waals surface area contributed by atoms with Crippen LogP contribution in [0.1, 0.15) is 12.5 Å². The predicted octanol–water partition coefficient (Wildman–Crippen LogP) is 3.37. The molecule has 3 N–H and O–H groups in total. The largest absolute Gasteiger partial charge is 0.496 e. The second kappa shape index (κ2) is 8.18. The lowest BCUT2D eigenvalue weighted by atomic mass is 9.85. The number of methoxy groups -OCH3 is 1. The number of aliphatic hydroxyl groups excluding tert-OH is 1. The molecule has 1 aromatic carbocycles. The molecule has 0 aliphatic carbocycles. The van der Waals surface area contributed by atoms with Crippen molar-refractivity contribution >= 4 is 17.5 Å². The van der Waals surface area contributed by atoms with E-state index in [9.17, 15) is 5.11 Å². The molecule has 0 saturated heterocycles. The molecule has 4 aromatic rings. The van der Waals surface area contributed by atoms with Gasteiger partial charge in [0.1, 0.15) is 11.6 Å². The van der Waals surface area contributed by atoms with Crippen LogP contribution >= 0.6 is 0 Å². The van der Waals surface area contributed by atoms with E-state index in [1.807, 2.05) is 50.5 Å². The number of anilines is 3. The zero-order valence-electron chi connectivity index (χ0n) is 18.7. The lowest BCUT2D eigenvalue weighted by molar-refractivity contribution is 0.218. The molecular formula is C24H25N7O2. The molecule has 1 aliphatic rings. The van der Waals surface area contributed by atoms with Crippen molar-refractivity contribution in [2.45, 2.75) is 12.3 Å². The Morgan fingerprint density at radius 3 is 2.82 bits per heavy atom. The molecular weight excluding hydrogens is 418 g/mol. The molecule has 1 atom stereocenters. The normalized spacial score (nSPS) is 16.8. The van der Waals surface area contributed by atoms with Gasteiger partial charge < -0.3 is 20.5 Å². The third-order valence-corrected chi connectivity index (χ3v) is 5.96. The maximum Gasteiger partial charge on any atom is 0.227 e. The number of aliphatic hydroxyl groups is 1. The Labute approximate surface area is 191 Å². The molecule has 1 aliphatic heterocycles. The summed E-state index contributed by atoms with van der Waals surface area (Å²) in [5.41, 5.74) is 4.98. The highest BCUT2D eigenvalue weighted by Crippen LogP contribution is 2.37. The molecule has 9 heteroatoms. The number of benzene rings is 1. The fraction of sp³-hybridized carbons (Fsp3) is 0.250. The highest BCUT2D eigenvalue weighted by atomic mass is 16.5. The maximum absolute atomic E-state index is 9.86. The van der Waals surface area contributed by atoms with Gasteiger partial charge in [-0.15, -0.1) is 0 Å². The zero-order valence-corrected chi connectivity index (χ0v) is 18.7. The second-order valence-electron chi connectivity index (χ2n) is 8.40. The van der Waals surface area contributed by atoms with Crippen LogP contribution < -0.4 is 15.4 Å². The number of rotatable bonds is 6. The van der Waals surface area contributed by atoms with E-state index in [1.54, 1.807) is 30.4 Å². The SMILES string of the molecule is COc1cc(Nc2nccc(-c3cnc4c(c3)C(C)(CO)CN4)n2)ccc1-c1cnn(C)c1. The van der Waals surface area contributed by atoms with Gasteiger partial charge in [0.25, 0.3) is 0 Å². The molecule has 0 spiro atoms. The summed E-state index contributed by atoms with van der Waals surface area (Å²) < 4.78 is 7.36. The molecule has 168 valence electrons. The monoisotopic (exact) mass is 443 g/mol. The van der Waals surface area contributed by atoms with Crippen LogP contribution in [-0.2, 0) is 12.5 Å². The Hall–Kier alpha value is -3.98. The van der Waals surface area contributed by atoms with Crippen molar-refractivity contribution in [2.75, 3.05) is 30.9 Å². The standard InChI is InChI=1S/C24H25N7O2/c1-24(14-32)13-27-22-19(24)8-15(10-26-22)20-6-7-25-23(30-20)29-17-4-5-18(21(9-17)33-3)16-11-28-31(2)12-16/h4-12,32H,13-14H2,1-3H3,(H,26,27)(H,25,29,30). The number of fused-ring (bicyclic) bond motifs is 1. The minimum Gasteiger partial charge on any atom is -0.496 e. The van der Waals surface area contributed by atoms with E-state index in [1.165, 1.54) is 0 Å². The van der Waals surface area contributed by atoms with Crippen LogP contribution in [-0.4, -0.2) is 50.1 Å². The van der Waals surface area contributed by atoms with Gasteiger partial charge in [0.15, 0.2) is 0 Å². The number of hydrogen-bond acceptors (Lipinski definition) is 8. The van der Waals surface area contributed by atoms with Crippen molar-refractivity contribution in [3.63, 3.8) is 0 Å². The summed E-state index contributed by atoms with van der Waals surface area (Å²) in [4.78, 5) is 13.6. The highest BCUT2D eigenvalue weighted by Gasteiger charge is 2.35. The Morgan fingerprint density at radius 2 is 2.06 bits per heavy atom. The fourth-order valence-electron chi connectivity index (χ4n) is 4.00. The summed E-state index contributed by atoms with van der Waals surface area (Å²) in [5, 5.41) is 20.6. The molecule has 0 fully saturated rings. The number of ether oxygens (including phenoxy) is 1. The van der Waals surface area contributed by atoms with Crippen LogP contribution in [0, 0.1) is 0 Å². The van der Waals surface area contributed by atoms with E-state index in [0.717, 1.165) is 45.2 Å². The predicted molar refractivity (Wildman–Crippen MR) is 127 cm³/mol. The molecule has 1 unspecified atom stereocenters. The van der Waals surface area contributed by atoms with Crippen molar-refractivity contribution in [3.05, 3.63) is 60.7 Å². The van der Waals surface area contributed by atoms with Crippen LogP contribution in [0.5, 0.6) is 5.75 Å². The van der Waals surface area contributed by atoms with E-state index in [-0.39, 0.29) is 12.0 Å². The van der Waals surface area contributed by atoms with Crippen LogP contribution in [0.3, 0.4) is 0 Å². The van der Waals surface area contributed by atoms with Gasteiger partial charge in [-0.3, -0.25) is 4.68 Å². The lowest BCUT2D eigenvalue weighted by Gasteiger charge is -2.20. The summed E-state index contributed by atoms with van der Waals surface area (Å²) in [7, 11) is 3.53. The van der Waals surface area contributed by atoms with Gasteiger partial charge in [-0.05, 0) is 24.3 Å². The molecule has 3 aromatic heterocycles. The minimum atomic E-state index is -0.362. The average Bonchev–Trinajstić information content (AvgIpc) is 3.42. The summed E-state index contributed by atoms with van der Waals surface area (Å²) in [6.45, 7) is 2.72. The van der Waals surface area contributed by atoms with Crippen molar-refractivity contribution in [1.82, 2.24) is 24.7 Å². The van der Waals surface area contributed by atoms with Crippen molar-refractivity contribution in [1.29, 1.82) is 0 Å². The second-order valence-corrected chi connectivity index (χ2v) is 8.40. The van der Waals surface area contributed by atoms with E-state index >= 15 is 0 Å². The molecule has 0 amide bonds. The fourth-order valence-corrected chi connectivity index (χ4v) is 4.00. The van der Waals surface area contributed by atoms with Crippen LogP contribution in [0.4, 0.5) is 17.5 Å². The molecule has 9 nitrogen and oxygen atoms in total. The van der Waals surface area contributed by atoms with Crippen LogP contribution in [0.25, 0.3) is 22.4 Å². The van der Waals surface area contributed by atoms with Gasteiger partial charge in [-0.1, -0.05) is 6.92 Å². The smallest absolute Gasteiger partial charge is 0.227 e. The molecule has 5 rings (SSSR count). The average molecular weight is 444 g/mol. The molecule has 0 radical (unpaired) electrons. The number of aryl methyl sites for hydroxylation is 1. The summed E-state index contributed by atoms with van der Waals surface area (Å²) in [6, 6.07) is 9.73. The Balaban J connectivity index is 1.42. The number of pyridine rings is 1. The number of hydrogen-bond donors (Lipinski definition) is 3.